The van der Waals surface area contributed by atoms with Gasteiger partial charge >= 0.3 is 0 Å². The molecule has 0 amide bonds. The molecule has 4 rings (SSSR count). The van der Waals surface area contributed by atoms with Gasteiger partial charge in [0, 0.05) is 0 Å². The zero-order valence-electron chi connectivity index (χ0n) is 11.5. The van der Waals surface area contributed by atoms with Crippen LogP contribution in [0, 0.1) is 0 Å². The van der Waals surface area contributed by atoms with Gasteiger partial charge in [-0.2, -0.15) is 0 Å². The third-order valence-electron chi connectivity index (χ3n) is 3.77. The smallest absolute Gasteiger partial charge is 0.126 e. The molecule has 0 atom stereocenters. The average molecular weight is 270 g/mol. The zero-order chi connectivity index (χ0) is 14.1. The van der Waals surface area contributed by atoms with Gasteiger partial charge in [-0.1, -0.05) is 54.6 Å². The molecule has 0 spiro atoms. The lowest BCUT2D eigenvalue weighted by Gasteiger charge is -2.08. The van der Waals surface area contributed by atoms with Crippen molar-refractivity contribution in [1.29, 1.82) is 0 Å². The largest absolute Gasteiger partial charge is 0.465 e. The highest BCUT2D eigenvalue weighted by atomic mass is 16.3. The molecule has 0 unspecified atom stereocenters. The molecule has 0 radical (unpaired) electrons. The summed E-state index contributed by atoms with van der Waals surface area (Å²) in [6, 6.07) is 23.1. The van der Waals surface area contributed by atoms with Crippen molar-refractivity contribution >= 4 is 33.7 Å². The summed E-state index contributed by atoms with van der Waals surface area (Å²) >= 11 is 0. The van der Waals surface area contributed by atoms with Crippen LogP contribution in [0.1, 0.15) is 11.3 Å². The van der Waals surface area contributed by atoms with Crippen molar-refractivity contribution in [3.8, 4) is 0 Å². The third-order valence-corrected chi connectivity index (χ3v) is 3.77. The summed E-state index contributed by atoms with van der Waals surface area (Å²) in [4.78, 5) is 0. The fourth-order valence-corrected chi connectivity index (χ4v) is 2.78. The molecular formula is C20H14O. The van der Waals surface area contributed by atoms with Gasteiger partial charge in [0.15, 0.2) is 0 Å². The van der Waals surface area contributed by atoms with Crippen molar-refractivity contribution in [1.82, 2.24) is 0 Å². The maximum Gasteiger partial charge on any atom is 0.126 e. The summed E-state index contributed by atoms with van der Waals surface area (Å²) < 4.78 is 5.39. The monoisotopic (exact) mass is 270 g/mol. The van der Waals surface area contributed by atoms with Gasteiger partial charge in [-0.05, 0) is 51.4 Å². The van der Waals surface area contributed by atoms with Crippen LogP contribution in [0.5, 0.6) is 0 Å². The van der Waals surface area contributed by atoms with E-state index in [4.69, 9.17) is 4.42 Å². The normalized spacial score (nSPS) is 11.6. The molecule has 0 aliphatic heterocycles. The highest BCUT2D eigenvalue weighted by molar-refractivity contribution is 6.07. The first kappa shape index (κ1) is 12.0. The molecule has 3 aromatic carbocycles. The van der Waals surface area contributed by atoms with Crippen molar-refractivity contribution in [3.63, 3.8) is 0 Å². The summed E-state index contributed by atoms with van der Waals surface area (Å²) in [6.07, 6.45) is 5.86. The molecule has 0 aliphatic rings. The third kappa shape index (κ3) is 2.13. The van der Waals surface area contributed by atoms with E-state index >= 15 is 0 Å². The second-order valence-electron chi connectivity index (χ2n) is 5.08. The average Bonchev–Trinajstić information content (AvgIpc) is 3.05. The van der Waals surface area contributed by atoms with Gasteiger partial charge in [0.1, 0.15) is 5.76 Å². The molecule has 0 N–H and O–H groups in total. The van der Waals surface area contributed by atoms with Gasteiger partial charge < -0.3 is 4.42 Å². The van der Waals surface area contributed by atoms with Crippen LogP contribution in [0.25, 0.3) is 33.7 Å². The van der Waals surface area contributed by atoms with Gasteiger partial charge in [0.2, 0.25) is 0 Å². The Hall–Kier alpha value is -2.80. The molecule has 0 fully saturated rings. The number of benzene rings is 3. The highest BCUT2D eigenvalue weighted by Gasteiger charge is 2.04. The van der Waals surface area contributed by atoms with Crippen LogP contribution in [0.2, 0.25) is 0 Å². The van der Waals surface area contributed by atoms with Crippen LogP contribution in [-0.4, -0.2) is 0 Å². The fraction of sp³-hybridized carbons (Fsp3) is 0. The quantitative estimate of drug-likeness (QED) is 0.422. The van der Waals surface area contributed by atoms with Gasteiger partial charge in [0.25, 0.3) is 0 Å². The molecular weight excluding hydrogens is 256 g/mol. The Bertz CT molecular complexity index is 877. The zero-order valence-corrected chi connectivity index (χ0v) is 11.5. The molecule has 1 heteroatoms. The highest BCUT2D eigenvalue weighted by Crippen LogP contribution is 2.29. The minimum absolute atomic E-state index is 0.868. The Morgan fingerprint density at radius 1 is 0.667 bits per heavy atom. The van der Waals surface area contributed by atoms with Crippen LogP contribution < -0.4 is 0 Å². The lowest BCUT2D eigenvalue weighted by Crippen LogP contribution is -1.83. The molecule has 0 saturated carbocycles. The van der Waals surface area contributed by atoms with Crippen LogP contribution in [0.4, 0.5) is 0 Å². The molecule has 1 aromatic heterocycles. The first-order valence-corrected chi connectivity index (χ1v) is 7.04. The predicted molar refractivity (Wildman–Crippen MR) is 89.1 cm³/mol. The van der Waals surface area contributed by atoms with Crippen LogP contribution in [-0.2, 0) is 0 Å². The molecule has 4 aromatic rings. The van der Waals surface area contributed by atoms with Gasteiger partial charge in [-0.3, -0.25) is 0 Å². The van der Waals surface area contributed by atoms with E-state index in [1.165, 1.54) is 27.1 Å². The predicted octanol–water partition coefficient (Wildman–Crippen LogP) is 5.76. The summed E-state index contributed by atoms with van der Waals surface area (Å²) in [7, 11) is 0. The Morgan fingerprint density at radius 2 is 1.33 bits per heavy atom. The standard InChI is InChI=1S/C20H14O/c1-3-9-18-15(6-1)14-16-7-2-4-10-19(16)20(18)12-11-17-8-5-13-21-17/h1-14H/b12-11+. The summed E-state index contributed by atoms with van der Waals surface area (Å²) in [5.41, 5.74) is 1.24. The fourth-order valence-electron chi connectivity index (χ4n) is 2.78. The minimum atomic E-state index is 0.868. The number of rotatable bonds is 2. The Labute approximate surface area is 123 Å². The summed E-state index contributed by atoms with van der Waals surface area (Å²) in [5.74, 6) is 0.868. The second kappa shape index (κ2) is 4.95. The van der Waals surface area contributed by atoms with Crippen molar-refractivity contribution in [2.75, 3.05) is 0 Å². The molecule has 21 heavy (non-hydrogen) atoms. The summed E-state index contributed by atoms with van der Waals surface area (Å²) in [6.45, 7) is 0. The SMILES string of the molecule is C(=C\c1c2ccccc2cc2ccccc12)/c1ccco1. The Balaban J connectivity index is 2.02. The maximum absolute atomic E-state index is 5.39. The second-order valence-corrected chi connectivity index (χ2v) is 5.08. The Kier molecular flexibility index (Phi) is 2.82. The van der Waals surface area contributed by atoms with Crippen LogP contribution >= 0.6 is 0 Å². The number of hydrogen-bond acceptors (Lipinski definition) is 1. The topological polar surface area (TPSA) is 13.1 Å². The molecule has 1 nitrogen and oxygen atoms in total. The van der Waals surface area contributed by atoms with Gasteiger partial charge in [0.05, 0.1) is 6.26 Å². The van der Waals surface area contributed by atoms with E-state index in [1.54, 1.807) is 6.26 Å². The van der Waals surface area contributed by atoms with Crippen molar-refractivity contribution in [2.24, 2.45) is 0 Å². The van der Waals surface area contributed by atoms with Crippen molar-refractivity contribution in [2.45, 2.75) is 0 Å². The van der Waals surface area contributed by atoms with Crippen LogP contribution in [0.15, 0.2) is 77.4 Å². The molecule has 0 aliphatic carbocycles. The van der Waals surface area contributed by atoms with E-state index < -0.39 is 0 Å². The number of furan rings is 1. The van der Waals surface area contributed by atoms with Crippen LogP contribution in [0.3, 0.4) is 0 Å². The van der Waals surface area contributed by atoms with Gasteiger partial charge in [-0.15, -0.1) is 0 Å². The molecule has 1 heterocycles. The number of fused-ring (bicyclic) bond motifs is 2. The van der Waals surface area contributed by atoms with E-state index in [2.05, 4.69) is 60.7 Å². The van der Waals surface area contributed by atoms with E-state index in [0.29, 0.717) is 0 Å². The minimum Gasteiger partial charge on any atom is -0.465 e. The van der Waals surface area contributed by atoms with E-state index in [0.717, 1.165) is 5.76 Å². The first-order chi connectivity index (χ1) is 10.4. The molecule has 0 bridgehead atoms. The van der Waals surface area contributed by atoms with E-state index in [-0.39, 0.29) is 0 Å². The van der Waals surface area contributed by atoms with Crippen molar-refractivity contribution in [3.05, 3.63) is 84.3 Å². The molecule has 0 saturated heterocycles. The van der Waals surface area contributed by atoms with E-state index in [1.807, 2.05) is 18.2 Å². The lowest BCUT2D eigenvalue weighted by molar-refractivity contribution is 0.557. The van der Waals surface area contributed by atoms with Crippen molar-refractivity contribution < 1.29 is 4.42 Å². The first-order valence-electron chi connectivity index (χ1n) is 7.04. The summed E-state index contributed by atoms with van der Waals surface area (Å²) in [5, 5.41) is 5.05. The molecule has 100 valence electrons. The Morgan fingerprint density at radius 3 is 1.95 bits per heavy atom. The van der Waals surface area contributed by atoms with E-state index in [9.17, 15) is 0 Å². The number of hydrogen-bond donors (Lipinski definition) is 0. The maximum atomic E-state index is 5.39. The van der Waals surface area contributed by atoms with Gasteiger partial charge in [-0.25, -0.2) is 0 Å². The lowest BCUT2D eigenvalue weighted by atomic mass is 9.96.